The molecule has 0 spiro atoms. The van der Waals surface area contributed by atoms with E-state index in [2.05, 4.69) is 10.2 Å². The zero-order valence-electron chi connectivity index (χ0n) is 15.9. The molecule has 4 rings (SSSR count). The van der Waals surface area contributed by atoms with Crippen molar-refractivity contribution in [3.05, 3.63) is 94.0 Å². The summed E-state index contributed by atoms with van der Waals surface area (Å²) in [5, 5.41) is 8.71. The molecule has 31 heavy (non-hydrogen) atoms. The van der Waals surface area contributed by atoms with Gasteiger partial charge in [0.15, 0.2) is 6.61 Å². The van der Waals surface area contributed by atoms with Crippen molar-refractivity contribution in [3.63, 3.8) is 0 Å². The Hall–Kier alpha value is -3.48. The first-order chi connectivity index (χ1) is 15.0. The summed E-state index contributed by atoms with van der Waals surface area (Å²) in [7, 11) is 0. The highest BCUT2D eigenvalue weighted by atomic mass is 35.5. The fourth-order valence-corrected chi connectivity index (χ4v) is 3.31. The van der Waals surface area contributed by atoms with Crippen molar-refractivity contribution in [1.29, 1.82) is 0 Å². The third kappa shape index (κ3) is 4.82. The number of carbonyl (C=O) groups excluding carboxylic acids is 2. The fraction of sp³-hybridized carbons (Fsp3) is 0.0435. The summed E-state index contributed by atoms with van der Waals surface area (Å²) in [4.78, 5) is 24.5. The minimum Gasteiger partial charge on any atom is -0.454 e. The van der Waals surface area contributed by atoms with Crippen molar-refractivity contribution in [3.8, 4) is 22.9 Å². The van der Waals surface area contributed by atoms with Crippen molar-refractivity contribution < 1.29 is 18.7 Å². The summed E-state index contributed by atoms with van der Waals surface area (Å²) in [5.74, 6) is -0.337. The number of benzene rings is 3. The van der Waals surface area contributed by atoms with Gasteiger partial charge in [-0.25, -0.2) is 4.79 Å². The first kappa shape index (κ1) is 20.8. The van der Waals surface area contributed by atoms with Crippen LogP contribution >= 0.6 is 23.2 Å². The summed E-state index contributed by atoms with van der Waals surface area (Å²) in [6, 6.07) is 20.3. The van der Waals surface area contributed by atoms with Crippen molar-refractivity contribution >= 4 is 35.0 Å². The average molecular weight is 453 g/mol. The average Bonchev–Trinajstić information content (AvgIpc) is 3.28. The van der Waals surface area contributed by atoms with Crippen LogP contribution in [0, 0.1) is 0 Å². The van der Waals surface area contributed by atoms with E-state index >= 15 is 0 Å². The zero-order chi connectivity index (χ0) is 21.8. The number of nitrogens with zero attached hydrogens (tertiary/aromatic N) is 2. The number of halogens is 2. The second-order valence-electron chi connectivity index (χ2n) is 6.48. The summed E-state index contributed by atoms with van der Waals surface area (Å²) < 4.78 is 10.8. The van der Waals surface area contributed by atoms with Crippen LogP contribution in [0.3, 0.4) is 0 Å². The van der Waals surface area contributed by atoms with E-state index in [-0.39, 0.29) is 16.1 Å². The number of hydrogen-bond donors (Lipinski definition) is 0. The predicted octanol–water partition coefficient (Wildman–Crippen LogP) is 5.75. The van der Waals surface area contributed by atoms with Crippen molar-refractivity contribution in [2.75, 3.05) is 6.61 Å². The van der Waals surface area contributed by atoms with E-state index in [4.69, 9.17) is 32.4 Å². The van der Waals surface area contributed by atoms with E-state index in [1.807, 2.05) is 30.3 Å². The van der Waals surface area contributed by atoms with Crippen LogP contribution < -0.4 is 0 Å². The maximum Gasteiger partial charge on any atom is 0.338 e. The minimum absolute atomic E-state index is 0.201. The molecule has 0 saturated heterocycles. The minimum atomic E-state index is -0.638. The first-order valence-corrected chi connectivity index (χ1v) is 9.91. The summed E-state index contributed by atoms with van der Waals surface area (Å²) in [6.45, 7) is -0.438. The fourth-order valence-electron chi connectivity index (χ4n) is 2.79. The molecule has 0 unspecified atom stereocenters. The molecule has 0 aliphatic rings. The standard InChI is InChI=1S/C23H14Cl2N2O4/c24-17-10-11-18(19(25)12-17)20(28)13-30-23(29)16-8-6-15(7-9-16)22-27-26-21(31-22)14-4-2-1-3-5-14/h1-12H,13H2. The smallest absolute Gasteiger partial charge is 0.338 e. The number of carbonyl (C=O) groups is 2. The number of esters is 1. The second-order valence-corrected chi connectivity index (χ2v) is 7.32. The molecule has 6 nitrogen and oxygen atoms in total. The Morgan fingerprint density at radius 2 is 1.48 bits per heavy atom. The quantitative estimate of drug-likeness (QED) is 0.273. The van der Waals surface area contributed by atoms with E-state index in [0.29, 0.717) is 22.4 Å². The molecule has 0 radical (unpaired) electrons. The highest BCUT2D eigenvalue weighted by Crippen LogP contribution is 2.24. The maximum absolute atomic E-state index is 12.3. The Labute approximate surface area is 187 Å². The first-order valence-electron chi connectivity index (χ1n) is 9.16. The van der Waals surface area contributed by atoms with E-state index < -0.39 is 18.4 Å². The third-order valence-corrected chi connectivity index (χ3v) is 4.93. The van der Waals surface area contributed by atoms with Crippen LogP contribution in [-0.4, -0.2) is 28.6 Å². The Morgan fingerprint density at radius 1 is 0.839 bits per heavy atom. The van der Waals surface area contributed by atoms with Gasteiger partial charge < -0.3 is 9.15 Å². The molecular formula is C23H14Cl2N2O4. The zero-order valence-corrected chi connectivity index (χ0v) is 17.4. The largest absolute Gasteiger partial charge is 0.454 e. The third-order valence-electron chi connectivity index (χ3n) is 4.38. The number of hydrogen-bond acceptors (Lipinski definition) is 6. The van der Waals surface area contributed by atoms with E-state index in [9.17, 15) is 9.59 Å². The lowest BCUT2D eigenvalue weighted by atomic mass is 10.1. The molecule has 0 bridgehead atoms. The van der Waals surface area contributed by atoms with Gasteiger partial charge in [-0.2, -0.15) is 0 Å². The molecule has 0 fully saturated rings. The van der Waals surface area contributed by atoms with Gasteiger partial charge in [-0.3, -0.25) is 4.79 Å². The lowest BCUT2D eigenvalue weighted by molar-refractivity contribution is 0.0475. The summed E-state index contributed by atoms with van der Waals surface area (Å²) in [5.41, 5.74) is 1.98. The van der Waals surface area contributed by atoms with E-state index in [1.54, 1.807) is 30.3 Å². The molecule has 8 heteroatoms. The molecule has 4 aromatic rings. The molecule has 0 atom stereocenters. The van der Waals surface area contributed by atoms with Gasteiger partial charge in [-0.05, 0) is 54.6 Å². The van der Waals surface area contributed by atoms with Gasteiger partial charge in [0.1, 0.15) is 0 Å². The molecule has 0 aliphatic heterocycles. The van der Waals surface area contributed by atoms with E-state index in [1.165, 1.54) is 12.1 Å². The van der Waals surface area contributed by atoms with Gasteiger partial charge >= 0.3 is 5.97 Å². The van der Waals surface area contributed by atoms with Crippen molar-refractivity contribution in [2.24, 2.45) is 0 Å². The van der Waals surface area contributed by atoms with Crippen LogP contribution in [0.15, 0.2) is 77.2 Å². The van der Waals surface area contributed by atoms with Gasteiger partial charge in [0.05, 0.1) is 10.6 Å². The van der Waals surface area contributed by atoms with Crippen LogP contribution in [0.1, 0.15) is 20.7 Å². The summed E-state index contributed by atoms with van der Waals surface area (Å²) in [6.07, 6.45) is 0. The number of ketones is 1. The van der Waals surface area contributed by atoms with Gasteiger partial charge in [0, 0.05) is 21.7 Å². The molecule has 154 valence electrons. The van der Waals surface area contributed by atoms with Crippen molar-refractivity contribution in [1.82, 2.24) is 10.2 Å². The highest BCUT2D eigenvalue weighted by Gasteiger charge is 2.16. The SMILES string of the molecule is O=C(OCC(=O)c1ccc(Cl)cc1Cl)c1ccc(-c2nnc(-c3ccccc3)o2)cc1. The van der Waals surface area contributed by atoms with Crippen molar-refractivity contribution in [2.45, 2.75) is 0 Å². The lowest BCUT2D eigenvalue weighted by Crippen LogP contribution is -2.14. The monoisotopic (exact) mass is 452 g/mol. The maximum atomic E-state index is 12.3. The van der Waals surface area contributed by atoms with Gasteiger partial charge in [0.2, 0.25) is 17.6 Å². The van der Waals surface area contributed by atoms with Crippen LogP contribution in [0.5, 0.6) is 0 Å². The van der Waals surface area contributed by atoms with Crippen LogP contribution in [-0.2, 0) is 4.74 Å². The topological polar surface area (TPSA) is 82.3 Å². The molecule has 0 N–H and O–H groups in total. The van der Waals surface area contributed by atoms with Crippen LogP contribution in [0.4, 0.5) is 0 Å². The Kier molecular flexibility index (Phi) is 6.11. The normalized spacial score (nSPS) is 10.6. The van der Waals surface area contributed by atoms with Gasteiger partial charge in [-0.1, -0.05) is 41.4 Å². The molecular weight excluding hydrogens is 439 g/mol. The van der Waals surface area contributed by atoms with Crippen LogP contribution in [0.25, 0.3) is 22.9 Å². The Bertz CT molecular complexity index is 1240. The Morgan fingerprint density at radius 3 is 2.13 bits per heavy atom. The van der Waals surface area contributed by atoms with Gasteiger partial charge in [-0.15, -0.1) is 10.2 Å². The highest BCUT2D eigenvalue weighted by molar-refractivity contribution is 6.36. The van der Waals surface area contributed by atoms with E-state index in [0.717, 1.165) is 5.56 Å². The predicted molar refractivity (Wildman–Crippen MR) is 116 cm³/mol. The number of ether oxygens (including phenoxy) is 1. The molecule has 1 aromatic heterocycles. The molecule has 0 aliphatic carbocycles. The molecule has 3 aromatic carbocycles. The molecule has 1 heterocycles. The number of rotatable bonds is 6. The lowest BCUT2D eigenvalue weighted by Gasteiger charge is -2.06. The van der Waals surface area contributed by atoms with Gasteiger partial charge in [0.25, 0.3) is 0 Å². The molecule has 0 amide bonds. The summed E-state index contributed by atoms with van der Waals surface area (Å²) >= 11 is 11.8. The number of aromatic nitrogens is 2. The second kappa shape index (κ2) is 9.12. The number of Topliss-reactive ketones (excluding diaryl/α,β-unsaturated/α-hetero) is 1. The Balaban J connectivity index is 1.40. The molecule has 0 saturated carbocycles. The van der Waals surface area contributed by atoms with Crippen LogP contribution in [0.2, 0.25) is 10.0 Å².